The lowest BCUT2D eigenvalue weighted by Crippen LogP contribution is -2.13. The smallest absolute Gasteiger partial charge is 0.262 e. The first kappa shape index (κ1) is 14.4. The highest BCUT2D eigenvalue weighted by Gasteiger charge is 2.15. The Balaban J connectivity index is 2.09. The van der Waals surface area contributed by atoms with Crippen molar-refractivity contribution in [1.29, 1.82) is 0 Å². The number of pyridine rings is 1. The van der Waals surface area contributed by atoms with Crippen molar-refractivity contribution in [2.45, 2.75) is 20.3 Å². The molecule has 106 valence electrons. The van der Waals surface area contributed by atoms with Gasteiger partial charge in [0.15, 0.2) is 0 Å². The average molecular weight is 292 g/mol. The van der Waals surface area contributed by atoms with Crippen LogP contribution in [0.4, 0.5) is 5.13 Å². The molecule has 6 nitrogen and oxygen atoms in total. The van der Waals surface area contributed by atoms with Gasteiger partial charge in [-0.3, -0.25) is 10.1 Å². The van der Waals surface area contributed by atoms with Crippen molar-refractivity contribution in [2.24, 2.45) is 5.92 Å². The Kier molecular flexibility index (Phi) is 4.62. The third-order valence-corrected chi connectivity index (χ3v) is 3.34. The number of rotatable bonds is 5. The van der Waals surface area contributed by atoms with Gasteiger partial charge in [0, 0.05) is 12.6 Å². The van der Waals surface area contributed by atoms with Gasteiger partial charge in [-0.2, -0.15) is 0 Å². The maximum atomic E-state index is 12.1. The van der Waals surface area contributed by atoms with Crippen LogP contribution < -0.4 is 10.1 Å². The molecule has 1 amide bonds. The Hall–Kier alpha value is -2.02. The van der Waals surface area contributed by atoms with Gasteiger partial charge >= 0.3 is 0 Å². The van der Waals surface area contributed by atoms with Crippen LogP contribution >= 0.6 is 11.3 Å². The fourth-order valence-corrected chi connectivity index (χ4v) is 2.57. The summed E-state index contributed by atoms with van der Waals surface area (Å²) >= 11 is 1.38. The van der Waals surface area contributed by atoms with Crippen molar-refractivity contribution >= 4 is 22.4 Å². The van der Waals surface area contributed by atoms with Crippen molar-refractivity contribution in [1.82, 2.24) is 15.2 Å². The molecule has 0 unspecified atom stereocenters. The molecule has 2 aromatic heterocycles. The second-order valence-corrected chi connectivity index (χ2v) is 5.68. The summed E-state index contributed by atoms with van der Waals surface area (Å²) in [6.07, 6.45) is 2.42. The molecule has 2 heterocycles. The van der Waals surface area contributed by atoms with Gasteiger partial charge < -0.3 is 4.74 Å². The highest BCUT2D eigenvalue weighted by Crippen LogP contribution is 2.20. The molecule has 0 spiro atoms. The molecule has 0 saturated heterocycles. The van der Waals surface area contributed by atoms with Gasteiger partial charge in [0.25, 0.3) is 5.91 Å². The number of hydrogen-bond donors (Lipinski definition) is 1. The number of carbonyl (C=O) groups is 1. The number of hydrogen-bond acceptors (Lipinski definition) is 6. The Morgan fingerprint density at radius 3 is 2.95 bits per heavy atom. The molecule has 0 aromatic carbocycles. The van der Waals surface area contributed by atoms with Crippen LogP contribution in [0.3, 0.4) is 0 Å². The number of nitrogens with one attached hydrogen (secondary N) is 1. The lowest BCUT2D eigenvalue weighted by atomic mass is 10.1. The SMILES string of the molecule is COc1ncccc1C(=O)Nc1nnc(CC(C)C)s1. The van der Waals surface area contributed by atoms with Crippen LogP contribution in [0.1, 0.15) is 29.2 Å². The molecule has 2 aromatic rings. The van der Waals surface area contributed by atoms with Crippen molar-refractivity contribution in [3.05, 3.63) is 28.9 Å². The van der Waals surface area contributed by atoms with Crippen LogP contribution in [-0.4, -0.2) is 28.2 Å². The molecule has 0 fully saturated rings. The first-order valence-electron chi connectivity index (χ1n) is 6.23. The third kappa shape index (κ3) is 3.51. The number of aromatic nitrogens is 3. The summed E-state index contributed by atoms with van der Waals surface area (Å²) in [5.41, 5.74) is 0.371. The fraction of sp³-hybridized carbons (Fsp3) is 0.385. The Labute approximate surface area is 121 Å². The monoisotopic (exact) mass is 292 g/mol. The highest BCUT2D eigenvalue weighted by atomic mass is 32.1. The van der Waals surface area contributed by atoms with Crippen molar-refractivity contribution < 1.29 is 9.53 Å². The van der Waals surface area contributed by atoms with Gasteiger partial charge in [-0.25, -0.2) is 4.98 Å². The van der Waals surface area contributed by atoms with E-state index in [2.05, 4.69) is 34.3 Å². The average Bonchev–Trinajstić information content (AvgIpc) is 2.85. The Morgan fingerprint density at radius 1 is 1.45 bits per heavy atom. The normalized spacial score (nSPS) is 10.6. The number of ether oxygens (including phenoxy) is 1. The number of carbonyl (C=O) groups excluding carboxylic acids is 1. The largest absolute Gasteiger partial charge is 0.480 e. The van der Waals surface area contributed by atoms with E-state index >= 15 is 0 Å². The molecule has 0 atom stereocenters. The van der Waals surface area contributed by atoms with Crippen LogP contribution in [0.25, 0.3) is 0 Å². The van der Waals surface area contributed by atoms with Crippen molar-refractivity contribution in [3.8, 4) is 5.88 Å². The van der Waals surface area contributed by atoms with Gasteiger partial charge in [0.05, 0.1) is 7.11 Å². The number of nitrogens with zero attached hydrogens (tertiary/aromatic N) is 3. The maximum Gasteiger partial charge on any atom is 0.262 e. The second-order valence-electron chi connectivity index (χ2n) is 4.61. The topological polar surface area (TPSA) is 77.0 Å². The predicted octanol–water partition coefficient (Wildman–Crippen LogP) is 2.39. The van der Waals surface area contributed by atoms with E-state index in [1.54, 1.807) is 18.3 Å². The molecule has 0 aliphatic rings. The molecule has 0 bridgehead atoms. The van der Waals surface area contributed by atoms with E-state index in [-0.39, 0.29) is 11.8 Å². The zero-order valence-electron chi connectivity index (χ0n) is 11.6. The molecule has 1 N–H and O–H groups in total. The van der Waals surface area contributed by atoms with Gasteiger partial charge in [0.2, 0.25) is 11.0 Å². The molecular formula is C13H16N4O2S. The molecule has 0 aliphatic heterocycles. The van der Waals surface area contributed by atoms with Crippen LogP contribution in [0.15, 0.2) is 18.3 Å². The second kappa shape index (κ2) is 6.42. The zero-order valence-corrected chi connectivity index (χ0v) is 12.4. The molecule has 0 saturated carbocycles. The summed E-state index contributed by atoms with van der Waals surface area (Å²) in [4.78, 5) is 16.1. The van der Waals surface area contributed by atoms with Gasteiger partial charge in [-0.1, -0.05) is 25.2 Å². The fourth-order valence-electron chi connectivity index (χ4n) is 1.63. The van der Waals surface area contributed by atoms with E-state index in [1.165, 1.54) is 18.4 Å². The van der Waals surface area contributed by atoms with Crippen LogP contribution in [0.5, 0.6) is 5.88 Å². The van der Waals surface area contributed by atoms with Crippen LogP contribution in [0, 0.1) is 5.92 Å². The van der Waals surface area contributed by atoms with E-state index in [0.717, 1.165) is 11.4 Å². The molecule has 0 aliphatic carbocycles. The van der Waals surface area contributed by atoms with E-state index < -0.39 is 0 Å². The minimum atomic E-state index is -0.304. The summed E-state index contributed by atoms with van der Waals surface area (Å²) in [6, 6.07) is 3.33. The van der Waals surface area contributed by atoms with Crippen molar-refractivity contribution in [3.63, 3.8) is 0 Å². The van der Waals surface area contributed by atoms with Gasteiger partial charge in [-0.15, -0.1) is 10.2 Å². The first-order valence-corrected chi connectivity index (χ1v) is 7.04. The number of methoxy groups -OCH3 is 1. The van der Waals surface area contributed by atoms with Gasteiger partial charge in [0.1, 0.15) is 10.6 Å². The molecule has 0 radical (unpaired) electrons. The van der Waals surface area contributed by atoms with E-state index in [9.17, 15) is 4.79 Å². The standard InChI is InChI=1S/C13H16N4O2S/c1-8(2)7-10-16-17-13(20-10)15-11(18)9-5-4-6-14-12(9)19-3/h4-6,8H,7H2,1-3H3,(H,15,17,18). The number of amides is 1. The van der Waals surface area contributed by atoms with Crippen molar-refractivity contribution in [2.75, 3.05) is 12.4 Å². The third-order valence-electron chi connectivity index (χ3n) is 2.48. The van der Waals surface area contributed by atoms with E-state index in [0.29, 0.717) is 16.6 Å². The maximum absolute atomic E-state index is 12.1. The molecule has 2 rings (SSSR count). The molecule has 20 heavy (non-hydrogen) atoms. The van der Waals surface area contributed by atoms with Crippen LogP contribution in [0.2, 0.25) is 0 Å². The minimum absolute atomic E-state index is 0.289. The Morgan fingerprint density at radius 2 is 2.25 bits per heavy atom. The van der Waals surface area contributed by atoms with Gasteiger partial charge in [-0.05, 0) is 18.1 Å². The van der Waals surface area contributed by atoms with E-state index in [4.69, 9.17) is 4.74 Å². The first-order chi connectivity index (χ1) is 9.60. The molecule has 7 heteroatoms. The summed E-state index contributed by atoms with van der Waals surface area (Å²) in [5, 5.41) is 12.1. The highest BCUT2D eigenvalue weighted by molar-refractivity contribution is 7.15. The molecular weight excluding hydrogens is 276 g/mol. The zero-order chi connectivity index (χ0) is 14.5. The summed E-state index contributed by atoms with van der Waals surface area (Å²) in [5.74, 6) is 0.490. The quantitative estimate of drug-likeness (QED) is 0.915. The summed E-state index contributed by atoms with van der Waals surface area (Å²) < 4.78 is 5.06. The summed E-state index contributed by atoms with van der Waals surface area (Å²) in [7, 11) is 1.48. The lowest BCUT2D eigenvalue weighted by Gasteiger charge is -2.05. The minimum Gasteiger partial charge on any atom is -0.480 e. The van der Waals surface area contributed by atoms with Crippen LogP contribution in [-0.2, 0) is 6.42 Å². The predicted molar refractivity (Wildman–Crippen MR) is 77.2 cm³/mol. The number of anilines is 1. The van der Waals surface area contributed by atoms with E-state index in [1.807, 2.05) is 0 Å². The lowest BCUT2D eigenvalue weighted by molar-refractivity contribution is 0.102. The summed E-state index contributed by atoms with van der Waals surface area (Å²) in [6.45, 7) is 4.22. The Bertz CT molecular complexity index is 598.